The van der Waals surface area contributed by atoms with Crippen LogP contribution < -0.4 is 16.6 Å². The molecule has 198 valence electrons. The van der Waals surface area contributed by atoms with E-state index in [4.69, 9.17) is 11.2 Å². The summed E-state index contributed by atoms with van der Waals surface area (Å²) in [5, 5.41) is 2.96. The summed E-state index contributed by atoms with van der Waals surface area (Å²) in [6.07, 6.45) is 8.31. The zero-order chi connectivity index (χ0) is 27.8. The smallest absolute Gasteiger partial charge is 0.334 e. The molecule has 0 atom stereocenters. The number of pyridine rings is 1. The Kier molecular flexibility index (Phi) is 9.33. The fourth-order valence-corrected chi connectivity index (χ4v) is 3.88. The van der Waals surface area contributed by atoms with Crippen LogP contribution in [0.5, 0.6) is 0 Å². The van der Waals surface area contributed by atoms with E-state index in [9.17, 15) is 23.2 Å². The maximum Gasteiger partial charge on any atom is 0.334 e. The van der Waals surface area contributed by atoms with Crippen molar-refractivity contribution >= 4 is 22.7 Å². The first-order chi connectivity index (χ1) is 18.2. The number of nitrogens with one attached hydrogen (secondary N) is 2. The maximum absolute atomic E-state index is 14.9. The number of allylic oxidation sites excluding steroid dienone is 4. The standard InChI is InChI=1S/C28H28F2N4O4/c1-5-7-8-10-18(29)15-23-21(30)16-20-26(32-23)34(28(37)33-27(20)36)25-19(17(3)4)11-9-12-22(25)31-14-13-24(35)38-6-2/h1,7-12,16-17,31H,6,13-15H2,2-4H3,(H,33,36,37)/b8-7-,18-10+. The zero-order valence-corrected chi connectivity index (χ0v) is 21.3. The molecule has 0 spiro atoms. The average Bonchev–Trinajstić information content (AvgIpc) is 2.86. The highest BCUT2D eigenvalue weighted by Gasteiger charge is 2.21. The third-order valence-corrected chi connectivity index (χ3v) is 5.58. The number of benzene rings is 1. The van der Waals surface area contributed by atoms with Crippen molar-refractivity contribution in [2.24, 2.45) is 0 Å². The normalized spacial score (nSPS) is 11.8. The van der Waals surface area contributed by atoms with Crippen LogP contribution in [0.25, 0.3) is 16.7 Å². The van der Waals surface area contributed by atoms with Crippen LogP contribution in [0.1, 0.15) is 44.4 Å². The molecular weight excluding hydrogens is 494 g/mol. The number of hydrogen-bond acceptors (Lipinski definition) is 6. The molecule has 3 aromatic rings. The van der Waals surface area contributed by atoms with Gasteiger partial charge < -0.3 is 10.1 Å². The highest BCUT2D eigenvalue weighted by Crippen LogP contribution is 2.31. The monoisotopic (exact) mass is 522 g/mol. The van der Waals surface area contributed by atoms with Crippen LogP contribution in [0.2, 0.25) is 0 Å². The molecule has 0 fully saturated rings. The van der Waals surface area contributed by atoms with Crippen molar-refractivity contribution in [1.82, 2.24) is 14.5 Å². The number of esters is 1. The molecule has 10 heteroatoms. The lowest BCUT2D eigenvalue weighted by molar-refractivity contribution is -0.142. The molecule has 0 amide bonds. The molecule has 2 aromatic heterocycles. The molecule has 0 aliphatic rings. The van der Waals surface area contributed by atoms with Gasteiger partial charge in [-0.15, -0.1) is 6.42 Å². The molecule has 0 saturated carbocycles. The van der Waals surface area contributed by atoms with Crippen LogP contribution in [0.3, 0.4) is 0 Å². The van der Waals surface area contributed by atoms with Crippen LogP contribution in [0.4, 0.5) is 14.5 Å². The molecule has 0 aliphatic carbocycles. The Morgan fingerprint density at radius 1 is 1.34 bits per heavy atom. The van der Waals surface area contributed by atoms with Gasteiger partial charge in [-0.3, -0.25) is 14.6 Å². The fraction of sp³-hybridized carbons (Fsp3) is 0.286. The molecule has 0 bridgehead atoms. The first kappa shape index (κ1) is 28.1. The minimum Gasteiger partial charge on any atom is -0.466 e. The van der Waals surface area contributed by atoms with E-state index in [0.29, 0.717) is 11.4 Å². The molecule has 1 aromatic carbocycles. The number of rotatable bonds is 10. The lowest BCUT2D eigenvalue weighted by Gasteiger charge is -2.21. The van der Waals surface area contributed by atoms with Crippen molar-refractivity contribution in [2.75, 3.05) is 18.5 Å². The van der Waals surface area contributed by atoms with Gasteiger partial charge in [-0.25, -0.2) is 23.1 Å². The van der Waals surface area contributed by atoms with E-state index >= 15 is 0 Å². The first-order valence-electron chi connectivity index (χ1n) is 12.0. The minimum absolute atomic E-state index is 0.0751. The highest BCUT2D eigenvalue weighted by molar-refractivity contribution is 5.79. The Balaban J connectivity index is 2.23. The number of ether oxygens (including phenoxy) is 1. The fourth-order valence-electron chi connectivity index (χ4n) is 3.88. The van der Waals surface area contributed by atoms with Crippen LogP contribution in [0.15, 0.2) is 57.9 Å². The molecule has 0 saturated heterocycles. The van der Waals surface area contributed by atoms with Gasteiger partial charge >= 0.3 is 11.7 Å². The molecule has 3 rings (SSSR count). The van der Waals surface area contributed by atoms with Gasteiger partial charge in [0, 0.05) is 13.0 Å². The summed E-state index contributed by atoms with van der Waals surface area (Å²) >= 11 is 0. The molecule has 2 N–H and O–H groups in total. The Morgan fingerprint density at radius 2 is 2.11 bits per heavy atom. The maximum atomic E-state index is 14.9. The number of hydrogen-bond donors (Lipinski definition) is 2. The average molecular weight is 523 g/mol. The number of aromatic nitrogens is 3. The molecule has 2 heterocycles. The predicted molar refractivity (Wildman–Crippen MR) is 143 cm³/mol. The topological polar surface area (TPSA) is 106 Å². The van der Waals surface area contributed by atoms with Crippen molar-refractivity contribution in [2.45, 2.75) is 39.5 Å². The van der Waals surface area contributed by atoms with Gasteiger partial charge in [0.05, 0.1) is 35.5 Å². The summed E-state index contributed by atoms with van der Waals surface area (Å²) < 4.78 is 35.4. The van der Waals surface area contributed by atoms with E-state index in [1.165, 1.54) is 16.7 Å². The van der Waals surface area contributed by atoms with Crippen LogP contribution in [-0.2, 0) is 16.0 Å². The number of halogens is 2. The van der Waals surface area contributed by atoms with E-state index in [-0.39, 0.29) is 48.2 Å². The molecule has 38 heavy (non-hydrogen) atoms. The second-order valence-corrected chi connectivity index (χ2v) is 8.58. The van der Waals surface area contributed by atoms with Crippen molar-refractivity contribution in [3.63, 3.8) is 0 Å². The molecular formula is C28H28F2N4O4. The van der Waals surface area contributed by atoms with Gasteiger partial charge in [-0.1, -0.05) is 38.0 Å². The van der Waals surface area contributed by atoms with E-state index in [2.05, 4.69) is 21.2 Å². The summed E-state index contributed by atoms with van der Waals surface area (Å²) in [5.74, 6) is 0.138. The van der Waals surface area contributed by atoms with E-state index < -0.39 is 29.3 Å². The van der Waals surface area contributed by atoms with Crippen molar-refractivity contribution in [3.05, 3.63) is 86.2 Å². The lowest BCUT2D eigenvalue weighted by Crippen LogP contribution is -2.31. The molecule has 0 radical (unpaired) electrons. The van der Waals surface area contributed by atoms with E-state index in [0.717, 1.165) is 17.7 Å². The Hall–Kier alpha value is -4.52. The number of nitrogens with zero attached hydrogens (tertiary/aromatic N) is 2. The first-order valence-corrected chi connectivity index (χ1v) is 12.0. The van der Waals surface area contributed by atoms with Crippen molar-refractivity contribution < 1.29 is 18.3 Å². The molecule has 8 nitrogen and oxygen atoms in total. The van der Waals surface area contributed by atoms with E-state index in [1.54, 1.807) is 19.1 Å². The number of terminal acetylenes is 1. The zero-order valence-electron chi connectivity index (χ0n) is 21.3. The van der Waals surface area contributed by atoms with Gasteiger partial charge in [-0.05, 0) is 42.7 Å². The number of carbonyl (C=O) groups is 1. The van der Waals surface area contributed by atoms with Crippen LogP contribution in [0, 0.1) is 18.2 Å². The molecule has 0 aliphatic heterocycles. The molecule has 0 unspecified atom stereocenters. The summed E-state index contributed by atoms with van der Waals surface area (Å²) in [6, 6.07) is 6.24. The van der Waals surface area contributed by atoms with E-state index in [1.807, 2.05) is 19.9 Å². The van der Waals surface area contributed by atoms with Crippen LogP contribution in [-0.4, -0.2) is 33.7 Å². The third-order valence-electron chi connectivity index (χ3n) is 5.58. The van der Waals surface area contributed by atoms with Gasteiger partial charge in [0.2, 0.25) is 0 Å². The Bertz CT molecular complexity index is 1560. The summed E-state index contributed by atoms with van der Waals surface area (Å²) in [6.45, 7) is 6.01. The van der Waals surface area contributed by atoms with Crippen molar-refractivity contribution in [1.29, 1.82) is 0 Å². The Labute approximate surface area is 218 Å². The minimum atomic E-state index is -0.900. The second-order valence-electron chi connectivity index (χ2n) is 8.58. The van der Waals surface area contributed by atoms with Gasteiger partial charge in [0.15, 0.2) is 5.65 Å². The number of carbonyl (C=O) groups excluding carboxylic acids is 1. The number of fused-ring (bicyclic) bond motifs is 1. The number of para-hydroxylation sites is 1. The third kappa shape index (κ3) is 6.42. The summed E-state index contributed by atoms with van der Waals surface area (Å²) in [5.41, 5.74) is -0.487. The quantitative estimate of drug-likeness (QED) is 0.234. The van der Waals surface area contributed by atoms with Gasteiger partial charge in [-0.2, -0.15) is 0 Å². The van der Waals surface area contributed by atoms with Crippen LogP contribution >= 0.6 is 0 Å². The van der Waals surface area contributed by atoms with Crippen molar-refractivity contribution in [3.8, 4) is 18.0 Å². The van der Waals surface area contributed by atoms with Gasteiger partial charge in [0.25, 0.3) is 5.56 Å². The predicted octanol–water partition coefficient (Wildman–Crippen LogP) is 4.29. The SMILES string of the molecule is C#C/C=C\C=C(\F)Cc1nc2c(cc1F)c(=O)[nH]c(=O)n2-c1c(NCCC(=O)OCC)cccc1C(C)C. The highest BCUT2D eigenvalue weighted by atomic mass is 19.1. The number of H-pyrrole nitrogens is 1. The number of aromatic amines is 1. The van der Waals surface area contributed by atoms with Gasteiger partial charge in [0.1, 0.15) is 11.6 Å². The summed E-state index contributed by atoms with van der Waals surface area (Å²) in [7, 11) is 0. The second kappa shape index (κ2) is 12.6. The summed E-state index contributed by atoms with van der Waals surface area (Å²) in [4.78, 5) is 44.1. The number of anilines is 1. The lowest BCUT2D eigenvalue weighted by atomic mass is 9.99. The largest absolute Gasteiger partial charge is 0.466 e. The Morgan fingerprint density at radius 3 is 2.79 bits per heavy atom.